The lowest BCUT2D eigenvalue weighted by atomic mass is 9.86. The summed E-state index contributed by atoms with van der Waals surface area (Å²) in [4.78, 5) is 22.8. The molecule has 0 saturated heterocycles. The maximum absolute atomic E-state index is 11.8. The molecule has 1 aliphatic carbocycles. The lowest BCUT2D eigenvalue weighted by molar-refractivity contribution is -0.143. The fraction of sp³-hybridized carbons (Fsp3) is 0.429. The highest BCUT2D eigenvalue weighted by Gasteiger charge is 2.27. The molecule has 0 bridgehead atoms. The van der Waals surface area contributed by atoms with E-state index in [1.807, 2.05) is 0 Å². The van der Waals surface area contributed by atoms with Crippen LogP contribution in [0.15, 0.2) is 24.3 Å². The van der Waals surface area contributed by atoms with Crippen LogP contribution in [0.1, 0.15) is 25.7 Å². The van der Waals surface area contributed by atoms with Gasteiger partial charge in [-0.3, -0.25) is 4.79 Å². The molecule has 2 unspecified atom stereocenters. The molecule has 6 heteroatoms. The number of carboxylic acids is 1. The first kappa shape index (κ1) is 14.7. The standard InChI is InChI=1S/C14H17ClN2O3/c15-10-4-6-11(7-5-10)16-14(20)17-12-3-1-2-9(8-12)13(18)19/h4-7,9,12H,1-3,8H2,(H,18,19)(H2,16,17,20). The van der Waals surface area contributed by atoms with Gasteiger partial charge in [0.1, 0.15) is 0 Å². The Kier molecular flexibility index (Phi) is 4.84. The molecule has 1 aliphatic rings. The summed E-state index contributed by atoms with van der Waals surface area (Å²) in [6.07, 6.45) is 2.82. The van der Waals surface area contributed by atoms with E-state index in [2.05, 4.69) is 10.6 Å². The van der Waals surface area contributed by atoms with Crippen molar-refractivity contribution in [2.45, 2.75) is 31.7 Å². The minimum atomic E-state index is -0.783. The maximum atomic E-state index is 11.8. The SMILES string of the molecule is O=C(Nc1ccc(Cl)cc1)NC1CCCC(C(=O)O)C1. The molecule has 0 aromatic heterocycles. The Labute approximate surface area is 122 Å². The van der Waals surface area contributed by atoms with Gasteiger partial charge in [-0.05, 0) is 43.5 Å². The second kappa shape index (κ2) is 6.61. The number of carbonyl (C=O) groups excluding carboxylic acids is 1. The maximum Gasteiger partial charge on any atom is 0.319 e. The van der Waals surface area contributed by atoms with Gasteiger partial charge < -0.3 is 15.7 Å². The minimum absolute atomic E-state index is 0.0860. The van der Waals surface area contributed by atoms with Crippen LogP contribution in [-0.4, -0.2) is 23.1 Å². The number of aliphatic carboxylic acids is 1. The van der Waals surface area contributed by atoms with E-state index < -0.39 is 5.97 Å². The Morgan fingerprint density at radius 3 is 2.55 bits per heavy atom. The van der Waals surface area contributed by atoms with Crippen LogP contribution in [0.5, 0.6) is 0 Å². The number of anilines is 1. The molecular formula is C14H17ClN2O3. The first-order valence-corrected chi connectivity index (χ1v) is 6.98. The summed E-state index contributed by atoms with van der Waals surface area (Å²) in [6, 6.07) is 6.41. The summed E-state index contributed by atoms with van der Waals surface area (Å²) in [6.45, 7) is 0. The second-order valence-corrected chi connectivity index (χ2v) is 5.44. The van der Waals surface area contributed by atoms with Gasteiger partial charge in [-0.1, -0.05) is 18.0 Å². The number of urea groups is 1. The molecular weight excluding hydrogens is 280 g/mol. The van der Waals surface area contributed by atoms with Crippen LogP contribution in [-0.2, 0) is 4.79 Å². The summed E-state index contributed by atoms with van der Waals surface area (Å²) in [5.74, 6) is -1.14. The van der Waals surface area contributed by atoms with Crippen molar-refractivity contribution in [2.75, 3.05) is 5.32 Å². The van der Waals surface area contributed by atoms with Crippen LogP contribution in [0.4, 0.5) is 10.5 Å². The van der Waals surface area contributed by atoms with Gasteiger partial charge in [-0.25, -0.2) is 4.79 Å². The van der Waals surface area contributed by atoms with Gasteiger partial charge in [0, 0.05) is 16.8 Å². The van der Waals surface area contributed by atoms with Crippen molar-refractivity contribution in [3.8, 4) is 0 Å². The molecule has 20 heavy (non-hydrogen) atoms. The van der Waals surface area contributed by atoms with E-state index in [1.165, 1.54) is 0 Å². The molecule has 2 atom stereocenters. The number of nitrogens with one attached hydrogen (secondary N) is 2. The summed E-state index contributed by atoms with van der Waals surface area (Å²) >= 11 is 5.77. The van der Waals surface area contributed by atoms with Gasteiger partial charge in [0.15, 0.2) is 0 Å². The summed E-state index contributed by atoms with van der Waals surface area (Å²) in [7, 11) is 0. The Hall–Kier alpha value is -1.75. The molecule has 3 N–H and O–H groups in total. The molecule has 2 amide bonds. The Bertz CT molecular complexity index is 490. The summed E-state index contributed by atoms with van der Waals surface area (Å²) in [5.41, 5.74) is 0.650. The smallest absolute Gasteiger partial charge is 0.319 e. The van der Waals surface area contributed by atoms with Crippen molar-refractivity contribution in [3.05, 3.63) is 29.3 Å². The molecule has 2 rings (SSSR count). The number of carbonyl (C=O) groups is 2. The number of benzene rings is 1. The summed E-state index contributed by atoms with van der Waals surface area (Å²) < 4.78 is 0. The third-order valence-corrected chi connectivity index (χ3v) is 3.71. The van der Waals surface area contributed by atoms with E-state index in [1.54, 1.807) is 24.3 Å². The van der Waals surface area contributed by atoms with Gasteiger partial charge in [0.2, 0.25) is 0 Å². The zero-order valence-corrected chi connectivity index (χ0v) is 11.7. The number of hydrogen-bond acceptors (Lipinski definition) is 2. The van der Waals surface area contributed by atoms with E-state index in [9.17, 15) is 9.59 Å². The van der Waals surface area contributed by atoms with E-state index in [-0.39, 0.29) is 18.0 Å². The van der Waals surface area contributed by atoms with Gasteiger partial charge in [0.05, 0.1) is 5.92 Å². The third-order valence-electron chi connectivity index (χ3n) is 3.46. The van der Waals surface area contributed by atoms with E-state index in [4.69, 9.17) is 16.7 Å². The van der Waals surface area contributed by atoms with Crippen molar-refractivity contribution in [1.82, 2.24) is 5.32 Å². The number of hydrogen-bond donors (Lipinski definition) is 3. The predicted octanol–water partition coefficient (Wildman–Crippen LogP) is 3.10. The zero-order valence-electron chi connectivity index (χ0n) is 10.9. The quantitative estimate of drug-likeness (QED) is 0.802. The van der Waals surface area contributed by atoms with Crippen LogP contribution in [0.25, 0.3) is 0 Å². The van der Waals surface area contributed by atoms with Crippen molar-refractivity contribution in [2.24, 2.45) is 5.92 Å². The third kappa shape index (κ3) is 4.13. The lowest BCUT2D eigenvalue weighted by Crippen LogP contribution is -2.42. The number of carboxylic acid groups (broad SMARTS) is 1. The Morgan fingerprint density at radius 2 is 1.90 bits per heavy atom. The van der Waals surface area contributed by atoms with Gasteiger partial charge in [-0.15, -0.1) is 0 Å². The van der Waals surface area contributed by atoms with E-state index in [0.29, 0.717) is 23.6 Å². The largest absolute Gasteiger partial charge is 0.481 e. The highest BCUT2D eigenvalue weighted by atomic mass is 35.5. The Balaban J connectivity index is 1.85. The molecule has 1 saturated carbocycles. The minimum Gasteiger partial charge on any atom is -0.481 e. The van der Waals surface area contributed by atoms with Crippen LogP contribution in [0, 0.1) is 5.92 Å². The van der Waals surface area contributed by atoms with Crippen molar-refractivity contribution < 1.29 is 14.7 Å². The first-order chi connectivity index (χ1) is 9.54. The highest BCUT2D eigenvalue weighted by Crippen LogP contribution is 2.24. The number of halogens is 1. The molecule has 0 heterocycles. The molecule has 0 radical (unpaired) electrons. The molecule has 0 spiro atoms. The number of amides is 2. The zero-order chi connectivity index (χ0) is 14.5. The molecule has 1 fully saturated rings. The van der Waals surface area contributed by atoms with Crippen molar-refractivity contribution in [1.29, 1.82) is 0 Å². The van der Waals surface area contributed by atoms with Gasteiger partial charge in [-0.2, -0.15) is 0 Å². The van der Waals surface area contributed by atoms with Crippen LogP contribution in [0.2, 0.25) is 5.02 Å². The fourth-order valence-electron chi connectivity index (χ4n) is 2.43. The molecule has 0 aliphatic heterocycles. The number of rotatable bonds is 3. The van der Waals surface area contributed by atoms with Crippen LogP contribution < -0.4 is 10.6 Å². The normalized spacial score (nSPS) is 22.1. The van der Waals surface area contributed by atoms with Gasteiger partial charge in [0.25, 0.3) is 0 Å². The molecule has 1 aromatic carbocycles. The van der Waals surface area contributed by atoms with Crippen LogP contribution in [0.3, 0.4) is 0 Å². The predicted molar refractivity (Wildman–Crippen MR) is 77.0 cm³/mol. The molecule has 1 aromatic rings. The fourth-order valence-corrected chi connectivity index (χ4v) is 2.56. The average Bonchev–Trinajstić information content (AvgIpc) is 2.41. The van der Waals surface area contributed by atoms with Crippen molar-refractivity contribution in [3.63, 3.8) is 0 Å². The summed E-state index contributed by atoms with van der Waals surface area (Å²) in [5, 5.41) is 15.1. The second-order valence-electron chi connectivity index (χ2n) is 5.00. The average molecular weight is 297 g/mol. The lowest BCUT2D eigenvalue weighted by Gasteiger charge is -2.27. The monoisotopic (exact) mass is 296 g/mol. The molecule has 5 nitrogen and oxygen atoms in total. The van der Waals surface area contributed by atoms with Crippen molar-refractivity contribution >= 4 is 29.3 Å². The van der Waals surface area contributed by atoms with E-state index in [0.717, 1.165) is 12.8 Å². The Morgan fingerprint density at radius 1 is 1.20 bits per heavy atom. The topological polar surface area (TPSA) is 78.4 Å². The van der Waals surface area contributed by atoms with Gasteiger partial charge >= 0.3 is 12.0 Å². The highest BCUT2D eigenvalue weighted by molar-refractivity contribution is 6.30. The first-order valence-electron chi connectivity index (χ1n) is 6.60. The van der Waals surface area contributed by atoms with E-state index >= 15 is 0 Å². The molecule has 108 valence electrons. The van der Waals surface area contributed by atoms with Crippen LogP contribution >= 0.6 is 11.6 Å².